The van der Waals surface area contributed by atoms with Crippen molar-refractivity contribution in [3.05, 3.63) is 0 Å². The van der Waals surface area contributed by atoms with E-state index in [0.717, 1.165) is 0 Å². The standard InChI is InChI=1S/C9H24N2Si2/c1-7-10(3)12(5)9-13(6)11(4)8-2/h7-9H2,1-6H3. The molecule has 0 N–H and O–H groups in total. The molecule has 2 nitrogen and oxygen atoms in total. The Balaban J connectivity index is 3.83. The minimum atomic E-state index is -0.235. The van der Waals surface area contributed by atoms with Crippen LogP contribution in [0.1, 0.15) is 13.8 Å². The van der Waals surface area contributed by atoms with Crippen LogP contribution in [0.25, 0.3) is 0 Å². The van der Waals surface area contributed by atoms with Gasteiger partial charge in [-0.25, -0.2) is 0 Å². The Kier molecular flexibility index (Phi) is 6.94. The van der Waals surface area contributed by atoms with Gasteiger partial charge in [-0.2, -0.15) is 0 Å². The molecule has 0 amide bonds. The van der Waals surface area contributed by atoms with Gasteiger partial charge in [0.2, 0.25) is 0 Å². The highest BCUT2D eigenvalue weighted by Gasteiger charge is 2.18. The van der Waals surface area contributed by atoms with E-state index in [1.165, 1.54) is 18.8 Å². The zero-order chi connectivity index (χ0) is 10.4. The van der Waals surface area contributed by atoms with E-state index in [2.05, 4.69) is 50.2 Å². The summed E-state index contributed by atoms with van der Waals surface area (Å²) < 4.78 is 5.06. The molecule has 0 heterocycles. The SMILES string of the molecule is CCN(C)[Si](C)C[Si](C)N(C)CC. The Morgan fingerprint density at radius 3 is 1.38 bits per heavy atom. The summed E-state index contributed by atoms with van der Waals surface area (Å²) in [5.41, 5.74) is 1.46. The predicted molar refractivity (Wildman–Crippen MR) is 64.7 cm³/mol. The molecular weight excluding hydrogens is 192 g/mol. The van der Waals surface area contributed by atoms with Crippen molar-refractivity contribution in [3.8, 4) is 0 Å². The molecule has 78 valence electrons. The van der Waals surface area contributed by atoms with E-state index in [4.69, 9.17) is 0 Å². The molecule has 2 radical (unpaired) electrons. The second-order valence-electron chi connectivity index (χ2n) is 3.68. The number of rotatable bonds is 6. The van der Waals surface area contributed by atoms with Gasteiger partial charge in [-0.05, 0) is 32.9 Å². The predicted octanol–water partition coefficient (Wildman–Crippen LogP) is 1.67. The summed E-state index contributed by atoms with van der Waals surface area (Å²) in [4.78, 5) is 0. The number of hydrogen-bond donors (Lipinski definition) is 0. The van der Waals surface area contributed by atoms with Gasteiger partial charge in [0.15, 0.2) is 0 Å². The monoisotopic (exact) mass is 216 g/mol. The molecule has 0 aliphatic rings. The third kappa shape index (κ3) is 4.95. The van der Waals surface area contributed by atoms with Gasteiger partial charge in [0.25, 0.3) is 0 Å². The lowest BCUT2D eigenvalue weighted by Crippen LogP contribution is -2.42. The zero-order valence-corrected chi connectivity index (χ0v) is 12.0. The molecule has 0 aromatic heterocycles. The van der Waals surface area contributed by atoms with Gasteiger partial charge in [0.05, 0.1) is 0 Å². The highest BCUT2D eigenvalue weighted by atomic mass is 28.3. The largest absolute Gasteiger partial charge is 0.328 e. The van der Waals surface area contributed by atoms with Crippen LogP contribution >= 0.6 is 0 Å². The third-order valence-corrected chi connectivity index (χ3v) is 10.1. The maximum absolute atomic E-state index is 2.53. The summed E-state index contributed by atoms with van der Waals surface area (Å²) in [6, 6.07) is 0. The maximum atomic E-state index is 2.53. The van der Waals surface area contributed by atoms with Crippen LogP contribution in [0.5, 0.6) is 0 Å². The van der Waals surface area contributed by atoms with Crippen molar-refractivity contribution in [1.82, 2.24) is 9.13 Å². The molecule has 13 heavy (non-hydrogen) atoms. The van der Waals surface area contributed by atoms with Crippen molar-refractivity contribution in [2.75, 3.05) is 27.2 Å². The van der Waals surface area contributed by atoms with Crippen molar-refractivity contribution >= 4 is 17.9 Å². The molecule has 0 aliphatic heterocycles. The molecule has 0 unspecified atom stereocenters. The second kappa shape index (κ2) is 6.76. The van der Waals surface area contributed by atoms with Gasteiger partial charge >= 0.3 is 0 Å². The van der Waals surface area contributed by atoms with Gasteiger partial charge in [-0.15, -0.1) is 0 Å². The van der Waals surface area contributed by atoms with Gasteiger partial charge in [0, 0.05) is 0 Å². The van der Waals surface area contributed by atoms with Gasteiger partial charge in [0.1, 0.15) is 17.9 Å². The van der Waals surface area contributed by atoms with E-state index in [0.29, 0.717) is 0 Å². The molecule has 0 saturated carbocycles. The van der Waals surface area contributed by atoms with Gasteiger partial charge in [-0.3, -0.25) is 0 Å². The van der Waals surface area contributed by atoms with E-state index in [1.54, 1.807) is 0 Å². The Morgan fingerprint density at radius 1 is 0.846 bits per heavy atom. The lowest BCUT2D eigenvalue weighted by atomic mass is 10.8. The quantitative estimate of drug-likeness (QED) is 0.623. The lowest BCUT2D eigenvalue weighted by Gasteiger charge is -2.27. The average Bonchev–Trinajstić information content (AvgIpc) is 2.14. The normalized spacial score (nSPS) is 12.5. The van der Waals surface area contributed by atoms with E-state index in [-0.39, 0.29) is 17.9 Å². The molecule has 4 heteroatoms. The van der Waals surface area contributed by atoms with Crippen LogP contribution < -0.4 is 0 Å². The fourth-order valence-electron chi connectivity index (χ4n) is 1.18. The van der Waals surface area contributed by atoms with Crippen molar-refractivity contribution < 1.29 is 0 Å². The van der Waals surface area contributed by atoms with Crippen molar-refractivity contribution in [2.24, 2.45) is 0 Å². The average molecular weight is 216 g/mol. The van der Waals surface area contributed by atoms with Crippen LogP contribution in [0, 0.1) is 0 Å². The molecule has 0 aromatic carbocycles. The van der Waals surface area contributed by atoms with Crippen LogP contribution in [0.15, 0.2) is 0 Å². The first-order valence-electron chi connectivity index (χ1n) is 5.10. The van der Waals surface area contributed by atoms with E-state index >= 15 is 0 Å². The summed E-state index contributed by atoms with van der Waals surface area (Å²) in [6.07, 6.45) is 0. The van der Waals surface area contributed by atoms with Crippen LogP contribution in [0.2, 0.25) is 18.8 Å². The molecule has 0 spiro atoms. The summed E-state index contributed by atoms with van der Waals surface area (Å²) in [6.45, 7) is 11.8. The molecular formula is C9H24N2Si2. The maximum Gasteiger partial charge on any atom is 0.131 e. The van der Waals surface area contributed by atoms with Crippen LogP contribution in [0.3, 0.4) is 0 Å². The lowest BCUT2D eigenvalue weighted by molar-refractivity contribution is 0.540. The van der Waals surface area contributed by atoms with E-state index < -0.39 is 0 Å². The van der Waals surface area contributed by atoms with Crippen molar-refractivity contribution in [3.63, 3.8) is 0 Å². The Morgan fingerprint density at radius 2 is 1.15 bits per heavy atom. The highest BCUT2D eigenvalue weighted by molar-refractivity contribution is 6.73. The third-order valence-electron chi connectivity index (χ3n) is 2.76. The number of hydrogen-bond acceptors (Lipinski definition) is 2. The summed E-state index contributed by atoms with van der Waals surface area (Å²) in [5, 5.41) is 0. The van der Waals surface area contributed by atoms with Crippen LogP contribution in [0.4, 0.5) is 0 Å². The minimum Gasteiger partial charge on any atom is -0.328 e. The topological polar surface area (TPSA) is 6.48 Å². The van der Waals surface area contributed by atoms with Crippen molar-refractivity contribution in [1.29, 1.82) is 0 Å². The minimum absolute atomic E-state index is 0.235. The Labute approximate surface area is 87.3 Å². The molecule has 0 aliphatic carbocycles. The second-order valence-corrected chi connectivity index (χ2v) is 9.56. The van der Waals surface area contributed by atoms with Crippen molar-refractivity contribution in [2.45, 2.75) is 32.6 Å². The Bertz CT molecular complexity index is 119. The van der Waals surface area contributed by atoms with E-state index in [9.17, 15) is 0 Å². The summed E-state index contributed by atoms with van der Waals surface area (Å²) in [5.74, 6) is 0. The molecule has 0 bridgehead atoms. The van der Waals surface area contributed by atoms with Crippen LogP contribution in [-0.2, 0) is 0 Å². The molecule has 0 rings (SSSR count). The van der Waals surface area contributed by atoms with Gasteiger partial charge in [-0.1, -0.05) is 26.9 Å². The zero-order valence-electron chi connectivity index (χ0n) is 10.0. The molecule has 0 fully saturated rings. The summed E-state index contributed by atoms with van der Waals surface area (Å²) >= 11 is 0. The van der Waals surface area contributed by atoms with Gasteiger partial charge < -0.3 is 9.13 Å². The first-order chi connectivity index (χ1) is 6.02. The first kappa shape index (κ1) is 13.4. The fraction of sp³-hybridized carbons (Fsp3) is 1.00. The molecule has 0 saturated heterocycles. The highest BCUT2D eigenvalue weighted by Crippen LogP contribution is 2.04. The molecule has 0 atom stereocenters. The fourth-order valence-corrected chi connectivity index (χ4v) is 7.38. The Hall–Kier alpha value is 0.354. The molecule has 0 aromatic rings. The van der Waals surface area contributed by atoms with Crippen LogP contribution in [-0.4, -0.2) is 54.2 Å². The summed E-state index contributed by atoms with van der Waals surface area (Å²) in [7, 11) is 4.05. The van der Waals surface area contributed by atoms with E-state index in [1.807, 2.05) is 0 Å². The smallest absolute Gasteiger partial charge is 0.131 e. The first-order valence-corrected chi connectivity index (χ1v) is 9.40. The number of nitrogens with zero attached hydrogens (tertiary/aromatic N) is 2.